The molecule has 0 unspecified atom stereocenters. The highest BCUT2D eigenvalue weighted by molar-refractivity contribution is 5.30. The SMILES string of the molecule is Cc1ccc(CCCN)c(C)c1. The zero-order valence-corrected chi connectivity index (χ0v) is 7.93. The van der Waals surface area contributed by atoms with E-state index in [0.717, 1.165) is 19.4 Å². The first-order chi connectivity index (χ1) is 5.74. The molecule has 1 rings (SSSR count). The van der Waals surface area contributed by atoms with Crippen LogP contribution < -0.4 is 5.73 Å². The Bertz CT molecular complexity index is 253. The number of hydrogen-bond donors (Lipinski definition) is 1. The fourth-order valence-corrected chi connectivity index (χ4v) is 1.42. The molecule has 0 saturated carbocycles. The van der Waals surface area contributed by atoms with E-state index in [1.807, 2.05) is 0 Å². The molecule has 0 bridgehead atoms. The summed E-state index contributed by atoms with van der Waals surface area (Å²) in [6.45, 7) is 5.08. The first kappa shape index (κ1) is 9.27. The summed E-state index contributed by atoms with van der Waals surface area (Å²) in [5.41, 5.74) is 9.62. The van der Waals surface area contributed by atoms with Gasteiger partial charge in [0.15, 0.2) is 0 Å². The third kappa shape index (κ3) is 2.35. The van der Waals surface area contributed by atoms with Crippen LogP contribution in [0.25, 0.3) is 0 Å². The van der Waals surface area contributed by atoms with Crippen LogP contribution in [0.4, 0.5) is 0 Å². The molecule has 1 nitrogen and oxygen atoms in total. The Hall–Kier alpha value is -0.820. The van der Waals surface area contributed by atoms with Crippen LogP contribution in [0.5, 0.6) is 0 Å². The predicted molar refractivity (Wildman–Crippen MR) is 53.3 cm³/mol. The minimum Gasteiger partial charge on any atom is -0.330 e. The second-order valence-corrected chi connectivity index (χ2v) is 3.32. The Morgan fingerprint density at radius 2 is 2.00 bits per heavy atom. The van der Waals surface area contributed by atoms with Gasteiger partial charge in [-0.3, -0.25) is 0 Å². The molecule has 0 aliphatic rings. The van der Waals surface area contributed by atoms with Gasteiger partial charge in [0.2, 0.25) is 0 Å². The summed E-state index contributed by atoms with van der Waals surface area (Å²) >= 11 is 0. The van der Waals surface area contributed by atoms with E-state index >= 15 is 0 Å². The number of aryl methyl sites for hydroxylation is 3. The highest BCUT2D eigenvalue weighted by atomic mass is 14.5. The van der Waals surface area contributed by atoms with Crippen LogP contribution in [0, 0.1) is 13.8 Å². The first-order valence-corrected chi connectivity index (χ1v) is 4.50. The standard InChI is InChI=1S/C11H17N/c1-9-5-6-11(4-3-7-12)10(2)8-9/h5-6,8H,3-4,7,12H2,1-2H3. The summed E-state index contributed by atoms with van der Waals surface area (Å²) in [5, 5.41) is 0. The van der Waals surface area contributed by atoms with Crippen LogP contribution in [0.1, 0.15) is 23.1 Å². The Balaban J connectivity index is 2.72. The second-order valence-electron chi connectivity index (χ2n) is 3.32. The first-order valence-electron chi connectivity index (χ1n) is 4.50. The molecule has 0 aliphatic carbocycles. The maximum Gasteiger partial charge on any atom is -0.00741 e. The van der Waals surface area contributed by atoms with Gasteiger partial charge in [-0.1, -0.05) is 23.8 Å². The van der Waals surface area contributed by atoms with Crippen molar-refractivity contribution in [3.63, 3.8) is 0 Å². The van der Waals surface area contributed by atoms with Crippen molar-refractivity contribution in [3.8, 4) is 0 Å². The summed E-state index contributed by atoms with van der Waals surface area (Å²) in [7, 11) is 0. The van der Waals surface area contributed by atoms with Gasteiger partial charge in [0, 0.05) is 0 Å². The maximum atomic E-state index is 5.46. The van der Waals surface area contributed by atoms with Gasteiger partial charge in [0.25, 0.3) is 0 Å². The van der Waals surface area contributed by atoms with Crippen molar-refractivity contribution in [2.75, 3.05) is 6.54 Å². The van der Waals surface area contributed by atoms with E-state index in [4.69, 9.17) is 5.73 Å². The average molecular weight is 163 g/mol. The Kier molecular flexibility index (Phi) is 3.30. The molecular weight excluding hydrogens is 146 g/mol. The Labute approximate surface area is 74.6 Å². The lowest BCUT2D eigenvalue weighted by Gasteiger charge is -2.05. The predicted octanol–water partition coefficient (Wildman–Crippen LogP) is 2.19. The van der Waals surface area contributed by atoms with E-state index in [9.17, 15) is 0 Å². The van der Waals surface area contributed by atoms with Crippen molar-refractivity contribution in [2.24, 2.45) is 5.73 Å². The fraction of sp³-hybridized carbons (Fsp3) is 0.455. The summed E-state index contributed by atoms with van der Waals surface area (Å²) < 4.78 is 0. The molecule has 0 heterocycles. The van der Waals surface area contributed by atoms with Crippen molar-refractivity contribution >= 4 is 0 Å². The minimum absolute atomic E-state index is 0.785. The smallest absolute Gasteiger partial charge is 0.00741 e. The molecule has 0 amide bonds. The van der Waals surface area contributed by atoms with Crippen LogP contribution in [0.2, 0.25) is 0 Å². The molecule has 2 N–H and O–H groups in total. The molecule has 0 radical (unpaired) electrons. The molecule has 1 aromatic carbocycles. The molecular formula is C11H17N. The molecule has 1 aromatic rings. The minimum atomic E-state index is 0.785. The molecule has 1 heteroatoms. The van der Waals surface area contributed by atoms with E-state index in [2.05, 4.69) is 32.0 Å². The number of benzene rings is 1. The Morgan fingerprint density at radius 1 is 1.25 bits per heavy atom. The van der Waals surface area contributed by atoms with Crippen molar-refractivity contribution in [3.05, 3.63) is 34.9 Å². The monoisotopic (exact) mass is 163 g/mol. The number of hydrogen-bond acceptors (Lipinski definition) is 1. The zero-order chi connectivity index (χ0) is 8.97. The lowest BCUT2D eigenvalue weighted by atomic mass is 10.0. The summed E-state index contributed by atoms with van der Waals surface area (Å²) in [4.78, 5) is 0. The molecule has 0 spiro atoms. The van der Waals surface area contributed by atoms with Crippen molar-refractivity contribution < 1.29 is 0 Å². The third-order valence-electron chi connectivity index (χ3n) is 2.15. The summed E-state index contributed by atoms with van der Waals surface area (Å²) in [6.07, 6.45) is 2.20. The number of rotatable bonds is 3. The van der Waals surface area contributed by atoms with Crippen LogP contribution in [-0.4, -0.2) is 6.54 Å². The topological polar surface area (TPSA) is 26.0 Å². The molecule has 66 valence electrons. The normalized spacial score (nSPS) is 10.2. The molecule has 0 fully saturated rings. The molecule has 12 heavy (non-hydrogen) atoms. The lowest BCUT2D eigenvalue weighted by molar-refractivity contribution is 0.827. The van der Waals surface area contributed by atoms with Crippen LogP contribution in [0.3, 0.4) is 0 Å². The van der Waals surface area contributed by atoms with Crippen molar-refractivity contribution in [1.29, 1.82) is 0 Å². The van der Waals surface area contributed by atoms with E-state index in [0.29, 0.717) is 0 Å². The highest BCUT2D eigenvalue weighted by Gasteiger charge is 1.96. The van der Waals surface area contributed by atoms with Gasteiger partial charge in [-0.05, 0) is 44.4 Å². The Morgan fingerprint density at radius 3 is 2.58 bits per heavy atom. The average Bonchev–Trinajstić information content (AvgIpc) is 2.03. The van der Waals surface area contributed by atoms with Crippen molar-refractivity contribution in [1.82, 2.24) is 0 Å². The number of nitrogens with two attached hydrogens (primary N) is 1. The van der Waals surface area contributed by atoms with E-state index in [1.165, 1.54) is 16.7 Å². The molecule has 0 aromatic heterocycles. The summed E-state index contributed by atoms with van der Waals surface area (Å²) in [6, 6.07) is 6.60. The van der Waals surface area contributed by atoms with Gasteiger partial charge in [0.1, 0.15) is 0 Å². The molecule has 0 atom stereocenters. The fourth-order valence-electron chi connectivity index (χ4n) is 1.42. The van der Waals surface area contributed by atoms with Gasteiger partial charge >= 0.3 is 0 Å². The van der Waals surface area contributed by atoms with Crippen LogP contribution in [0.15, 0.2) is 18.2 Å². The highest BCUT2D eigenvalue weighted by Crippen LogP contribution is 2.11. The van der Waals surface area contributed by atoms with Crippen LogP contribution >= 0.6 is 0 Å². The largest absolute Gasteiger partial charge is 0.330 e. The lowest BCUT2D eigenvalue weighted by Crippen LogP contribution is -2.01. The molecule has 0 saturated heterocycles. The maximum absolute atomic E-state index is 5.46. The van der Waals surface area contributed by atoms with E-state index in [1.54, 1.807) is 0 Å². The van der Waals surface area contributed by atoms with Gasteiger partial charge in [-0.15, -0.1) is 0 Å². The quantitative estimate of drug-likeness (QED) is 0.726. The van der Waals surface area contributed by atoms with E-state index < -0.39 is 0 Å². The van der Waals surface area contributed by atoms with Gasteiger partial charge in [0.05, 0.1) is 0 Å². The molecule has 0 aliphatic heterocycles. The van der Waals surface area contributed by atoms with Gasteiger partial charge < -0.3 is 5.73 Å². The van der Waals surface area contributed by atoms with Gasteiger partial charge in [-0.25, -0.2) is 0 Å². The van der Waals surface area contributed by atoms with Gasteiger partial charge in [-0.2, -0.15) is 0 Å². The third-order valence-corrected chi connectivity index (χ3v) is 2.15. The van der Waals surface area contributed by atoms with E-state index in [-0.39, 0.29) is 0 Å². The second kappa shape index (κ2) is 4.27. The zero-order valence-electron chi connectivity index (χ0n) is 7.93. The summed E-state index contributed by atoms with van der Waals surface area (Å²) in [5.74, 6) is 0. The van der Waals surface area contributed by atoms with Crippen LogP contribution in [-0.2, 0) is 6.42 Å². The van der Waals surface area contributed by atoms with Crippen molar-refractivity contribution in [2.45, 2.75) is 26.7 Å².